The number of aryl methyl sites for hydroxylation is 1. The SMILES string of the molecule is COc1cc(N2CC[C@H](N3CCN(C)CC3)C2)c(N)cc1Nc1nccc(-c2nc3cc(F)ccc3n2C)n1. The second-order valence-corrected chi connectivity index (χ2v) is 10.4. The van der Waals surface area contributed by atoms with E-state index in [0.717, 1.165) is 56.9 Å². The third-order valence-electron chi connectivity index (χ3n) is 7.88. The van der Waals surface area contributed by atoms with Crippen molar-refractivity contribution in [2.24, 2.45) is 7.05 Å². The molecular formula is C28H34FN9O. The smallest absolute Gasteiger partial charge is 0.227 e. The molecule has 2 fully saturated rings. The Morgan fingerprint density at radius 2 is 1.85 bits per heavy atom. The van der Waals surface area contributed by atoms with Crippen LogP contribution in [0.5, 0.6) is 5.75 Å². The van der Waals surface area contributed by atoms with Gasteiger partial charge in [-0.05, 0) is 37.7 Å². The van der Waals surface area contributed by atoms with Gasteiger partial charge in [-0.15, -0.1) is 0 Å². The number of imidazole rings is 1. The number of rotatable bonds is 6. The summed E-state index contributed by atoms with van der Waals surface area (Å²) in [6, 6.07) is 10.8. The van der Waals surface area contributed by atoms with Gasteiger partial charge in [0, 0.05) is 70.7 Å². The number of aromatic nitrogens is 4. The number of anilines is 4. The minimum atomic E-state index is -0.325. The molecule has 6 rings (SSSR count). The predicted octanol–water partition coefficient (Wildman–Crippen LogP) is 3.33. The third-order valence-corrected chi connectivity index (χ3v) is 7.88. The van der Waals surface area contributed by atoms with Crippen LogP contribution in [0.4, 0.5) is 27.4 Å². The van der Waals surface area contributed by atoms with Crippen LogP contribution in [0.15, 0.2) is 42.6 Å². The molecule has 0 aliphatic carbocycles. The minimum Gasteiger partial charge on any atom is -0.494 e. The van der Waals surface area contributed by atoms with Gasteiger partial charge >= 0.3 is 0 Å². The molecular weight excluding hydrogens is 497 g/mol. The van der Waals surface area contributed by atoms with Crippen LogP contribution >= 0.6 is 0 Å². The molecule has 2 aromatic heterocycles. The van der Waals surface area contributed by atoms with E-state index in [1.165, 1.54) is 12.1 Å². The Morgan fingerprint density at radius 3 is 2.64 bits per heavy atom. The van der Waals surface area contributed by atoms with Gasteiger partial charge in [0.05, 0.1) is 35.2 Å². The van der Waals surface area contributed by atoms with Gasteiger partial charge < -0.3 is 30.2 Å². The van der Waals surface area contributed by atoms with Crippen molar-refractivity contribution in [1.82, 2.24) is 29.3 Å². The standard InChI is InChI=1S/C28H34FN9O/c1-35-10-12-37(13-11-35)19-7-9-38(17-19)25-16-26(39-3)23(15-20(25)30)34-28-31-8-6-21(33-28)27-32-22-14-18(29)4-5-24(22)36(27)2/h4-6,8,14-16,19H,7,9-13,17,30H2,1-3H3,(H,31,33,34)/t19-/m0/s1. The molecule has 10 nitrogen and oxygen atoms in total. The van der Waals surface area contributed by atoms with E-state index in [1.54, 1.807) is 25.4 Å². The zero-order valence-electron chi connectivity index (χ0n) is 22.6. The van der Waals surface area contributed by atoms with Gasteiger partial charge in [-0.1, -0.05) is 0 Å². The number of likely N-dealkylation sites (N-methyl/N-ethyl adjacent to an activating group) is 1. The summed E-state index contributed by atoms with van der Waals surface area (Å²) in [7, 11) is 5.71. The number of hydrogen-bond donors (Lipinski definition) is 2. The summed E-state index contributed by atoms with van der Waals surface area (Å²) in [4.78, 5) is 21.0. The normalized spacial score (nSPS) is 18.7. The van der Waals surface area contributed by atoms with Crippen molar-refractivity contribution >= 4 is 34.0 Å². The summed E-state index contributed by atoms with van der Waals surface area (Å²) in [5.41, 5.74) is 10.9. The molecule has 0 unspecified atom stereocenters. The minimum absolute atomic E-state index is 0.325. The second-order valence-electron chi connectivity index (χ2n) is 10.4. The molecule has 0 amide bonds. The molecule has 11 heteroatoms. The highest BCUT2D eigenvalue weighted by molar-refractivity contribution is 5.81. The van der Waals surface area contributed by atoms with Crippen LogP contribution in [-0.4, -0.2) is 88.8 Å². The Hall–Kier alpha value is -3.96. The molecule has 2 saturated heterocycles. The monoisotopic (exact) mass is 531 g/mol. The topological polar surface area (TPSA) is 101 Å². The first-order chi connectivity index (χ1) is 18.9. The van der Waals surface area contributed by atoms with Gasteiger partial charge in [0.2, 0.25) is 5.95 Å². The maximum atomic E-state index is 13.7. The first-order valence-corrected chi connectivity index (χ1v) is 13.3. The van der Waals surface area contributed by atoms with E-state index in [4.69, 9.17) is 10.5 Å². The molecule has 2 aliphatic rings. The number of fused-ring (bicyclic) bond motifs is 1. The maximum Gasteiger partial charge on any atom is 0.227 e. The highest BCUT2D eigenvalue weighted by Crippen LogP contribution is 2.38. The molecule has 4 aromatic rings. The van der Waals surface area contributed by atoms with Crippen molar-refractivity contribution in [3.63, 3.8) is 0 Å². The first-order valence-electron chi connectivity index (χ1n) is 13.3. The summed E-state index contributed by atoms with van der Waals surface area (Å²) in [6.07, 6.45) is 2.79. The first kappa shape index (κ1) is 25.3. The average Bonchev–Trinajstić information content (AvgIpc) is 3.54. The van der Waals surface area contributed by atoms with Crippen molar-refractivity contribution in [2.75, 3.05) is 69.4 Å². The molecule has 3 N–H and O–H groups in total. The molecule has 0 radical (unpaired) electrons. The van der Waals surface area contributed by atoms with E-state index >= 15 is 0 Å². The lowest BCUT2D eigenvalue weighted by Gasteiger charge is -2.36. The molecule has 39 heavy (non-hydrogen) atoms. The van der Waals surface area contributed by atoms with Crippen molar-refractivity contribution in [3.8, 4) is 17.3 Å². The van der Waals surface area contributed by atoms with Crippen molar-refractivity contribution in [3.05, 3.63) is 48.4 Å². The number of nitrogens with zero attached hydrogens (tertiary/aromatic N) is 7. The predicted molar refractivity (Wildman–Crippen MR) is 152 cm³/mol. The molecule has 0 spiro atoms. The van der Waals surface area contributed by atoms with Crippen LogP contribution in [0.1, 0.15) is 6.42 Å². The Morgan fingerprint density at radius 1 is 1.03 bits per heavy atom. The molecule has 204 valence electrons. The highest BCUT2D eigenvalue weighted by atomic mass is 19.1. The molecule has 1 atom stereocenters. The number of nitrogens with two attached hydrogens (primary N) is 1. The van der Waals surface area contributed by atoms with E-state index in [2.05, 4.69) is 42.0 Å². The van der Waals surface area contributed by atoms with Crippen molar-refractivity contribution in [2.45, 2.75) is 12.5 Å². The van der Waals surface area contributed by atoms with Crippen molar-refractivity contribution < 1.29 is 9.13 Å². The van der Waals surface area contributed by atoms with E-state index in [-0.39, 0.29) is 5.82 Å². The van der Waals surface area contributed by atoms with Gasteiger partial charge in [-0.2, -0.15) is 0 Å². The number of hydrogen-bond acceptors (Lipinski definition) is 9. The lowest BCUT2D eigenvalue weighted by Crippen LogP contribution is -2.49. The Bertz CT molecular complexity index is 1500. The van der Waals surface area contributed by atoms with Gasteiger partial charge in [0.25, 0.3) is 0 Å². The quantitative estimate of drug-likeness (QED) is 0.363. The number of methoxy groups -OCH3 is 1. The second kappa shape index (κ2) is 10.3. The summed E-state index contributed by atoms with van der Waals surface area (Å²) in [5.74, 6) is 1.34. The number of halogens is 1. The van der Waals surface area contributed by atoms with E-state index in [1.807, 2.05) is 23.7 Å². The average molecular weight is 532 g/mol. The van der Waals surface area contributed by atoms with Crippen LogP contribution < -0.4 is 20.7 Å². The van der Waals surface area contributed by atoms with E-state index in [0.29, 0.717) is 46.1 Å². The summed E-state index contributed by atoms with van der Waals surface area (Å²) >= 11 is 0. The number of piperazine rings is 1. The fraction of sp³-hybridized carbons (Fsp3) is 0.393. The zero-order valence-corrected chi connectivity index (χ0v) is 22.6. The summed E-state index contributed by atoms with van der Waals surface area (Å²) in [6.45, 7) is 6.37. The van der Waals surface area contributed by atoms with E-state index in [9.17, 15) is 4.39 Å². The lowest BCUT2D eigenvalue weighted by atomic mass is 10.2. The molecule has 0 saturated carbocycles. The number of nitrogens with one attached hydrogen (secondary N) is 1. The maximum absolute atomic E-state index is 13.7. The van der Waals surface area contributed by atoms with Gasteiger partial charge in [0.15, 0.2) is 5.82 Å². The summed E-state index contributed by atoms with van der Waals surface area (Å²) in [5, 5.41) is 3.26. The largest absolute Gasteiger partial charge is 0.494 e. The number of ether oxygens (including phenoxy) is 1. The van der Waals surface area contributed by atoms with Crippen LogP contribution in [0.3, 0.4) is 0 Å². The Labute approximate surface area is 227 Å². The van der Waals surface area contributed by atoms with Gasteiger partial charge in [0.1, 0.15) is 17.3 Å². The van der Waals surface area contributed by atoms with Gasteiger partial charge in [-0.25, -0.2) is 19.3 Å². The van der Waals surface area contributed by atoms with Crippen molar-refractivity contribution in [1.29, 1.82) is 0 Å². The van der Waals surface area contributed by atoms with Crippen LogP contribution in [0.2, 0.25) is 0 Å². The lowest BCUT2D eigenvalue weighted by molar-refractivity contribution is 0.120. The third kappa shape index (κ3) is 4.95. The van der Waals surface area contributed by atoms with Gasteiger partial charge in [-0.3, -0.25) is 4.90 Å². The zero-order chi connectivity index (χ0) is 27.1. The van der Waals surface area contributed by atoms with Crippen LogP contribution in [0.25, 0.3) is 22.6 Å². The molecule has 2 aromatic carbocycles. The summed E-state index contributed by atoms with van der Waals surface area (Å²) < 4.78 is 21.4. The highest BCUT2D eigenvalue weighted by Gasteiger charge is 2.30. The van der Waals surface area contributed by atoms with Crippen LogP contribution in [-0.2, 0) is 7.05 Å². The Balaban J connectivity index is 1.22. The fourth-order valence-corrected chi connectivity index (χ4v) is 5.64. The Kier molecular flexibility index (Phi) is 6.69. The van der Waals surface area contributed by atoms with Crippen LogP contribution in [0, 0.1) is 5.82 Å². The number of benzene rings is 2. The molecule has 2 aliphatic heterocycles. The number of nitrogen functional groups attached to an aromatic ring is 1. The van der Waals surface area contributed by atoms with E-state index < -0.39 is 0 Å². The molecule has 0 bridgehead atoms. The fourth-order valence-electron chi connectivity index (χ4n) is 5.64. The molecule has 4 heterocycles.